The molecule has 0 radical (unpaired) electrons. The van der Waals surface area contributed by atoms with Crippen molar-refractivity contribution >= 4 is 0 Å². The highest BCUT2D eigenvalue weighted by Crippen LogP contribution is 2.37. The Balaban J connectivity index is 2.64. The third kappa shape index (κ3) is 2.84. The fourth-order valence-corrected chi connectivity index (χ4v) is 2.39. The number of hydrogen-bond acceptors (Lipinski definition) is 4. The molecule has 0 fully saturated rings. The van der Waals surface area contributed by atoms with Crippen LogP contribution >= 0.6 is 0 Å². The third-order valence-electron chi connectivity index (χ3n) is 3.45. The summed E-state index contributed by atoms with van der Waals surface area (Å²) in [5.74, 6) is 6.54. The highest BCUT2D eigenvalue weighted by atomic mass is 19.1. The Morgan fingerprint density at radius 3 is 2.14 bits per heavy atom. The van der Waals surface area contributed by atoms with E-state index in [1.54, 1.807) is 57.5 Å². The number of halogens is 1. The lowest BCUT2D eigenvalue weighted by Crippen LogP contribution is -2.30. The Kier molecular flexibility index (Phi) is 4.77. The van der Waals surface area contributed by atoms with Gasteiger partial charge in [-0.15, -0.1) is 0 Å². The summed E-state index contributed by atoms with van der Waals surface area (Å²) < 4.78 is 25.1. The Morgan fingerprint density at radius 1 is 1.05 bits per heavy atom. The van der Waals surface area contributed by atoms with E-state index in [-0.39, 0.29) is 5.82 Å². The Bertz CT molecular complexity index is 609. The van der Waals surface area contributed by atoms with E-state index in [1.165, 1.54) is 0 Å². The lowest BCUT2D eigenvalue weighted by Gasteiger charge is -2.22. The van der Waals surface area contributed by atoms with Crippen LogP contribution in [0.15, 0.2) is 36.4 Å². The molecule has 0 saturated heterocycles. The molecule has 0 aromatic heterocycles. The summed E-state index contributed by atoms with van der Waals surface area (Å²) >= 11 is 0. The second-order valence-electron chi connectivity index (χ2n) is 4.65. The Morgan fingerprint density at radius 2 is 1.62 bits per heavy atom. The van der Waals surface area contributed by atoms with Gasteiger partial charge >= 0.3 is 0 Å². The molecule has 3 N–H and O–H groups in total. The molecular formula is C16H19FN2O2. The van der Waals surface area contributed by atoms with Crippen molar-refractivity contribution in [3.8, 4) is 11.5 Å². The van der Waals surface area contributed by atoms with Gasteiger partial charge in [0.05, 0.1) is 25.8 Å². The van der Waals surface area contributed by atoms with Crippen molar-refractivity contribution in [2.45, 2.75) is 13.0 Å². The van der Waals surface area contributed by atoms with Gasteiger partial charge in [-0.3, -0.25) is 5.84 Å². The van der Waals surface area contributed by atoms with Gasteiger partial charge in [-0.1, -0.05) is 24.3 Å². The number of hydrazine groups is 1. The van der Waals surface area contributed by atoms with E-state index in [9.17, 15) is 4.39 Å². The lowest BCUT2D eigenvalue weighted by atomic mass is 9.95. The van der Waals surface area contributed by atoms with Gasteiger partial charge < -0.3 is 9.47 Å². The van der Waals surface area contributed by atoms with Crippen LogP contribution in [-0.4, -0.2) is 14.2 Å². The molecule has 2 aromatic rings. The highest BCUT2D eigenvalue weighted by molar-refractivity contribution is 5.51. The predicted molar refractivity (Wildman–Crippen MR) is 79.8 cm³/mol. The molecule has 5 heteroatoms. The minimum absolute atomic E-state index is 0.298. The monoisotopic (exact) mass is 290 g/mol. The minimum atomic E-state index is -0.573. The van der Waals surface area contributed by atoms with Crippen LogP contribution < -0.4 is 20.7 Å². The van der Waals surface area contributed by atoms with Crippen LogP contribution in [0.5, 0.6) is 11.5 Å². The molecule has 1 atom stereocenters. The van der Waals surface area contributed by atoms with Crippen molar-refractivity contribution in [3.63, 3.8) is 0 Å². The molecule has 1 unspecified atom stereocenters. The van der Waals surface area contributed by atoms with Crippen LogP contribution in [0.25, 0.3) is 0 Å². The first-order chi connectivity index (χ1) is 10.1. The van der Waals surface area contributed by atoms with Crippen LogP contribution in [0, 0.1) is 12.7 Å². The zero-order valence-electron chi connectivity index (χ0n) is 12.3. The SMILES string of the molecule is COc1cccc(OC)c1C(NN)c1cccc(C)c1F. The Hall–Kier alpha value is -2.11. The molecule has 4 nitrogen and oxygen atoms in total. The number of nitrogens with one attached hydrogen (secondary N) is 1. The summed E-state index contributed by atoms with van der Waals surface area (Å²) in [4.78, 5) is 0. The fourth-order valence-electron chi connectivity index (χ4n) is 2.39. The second-order valence-corrected chi connectivity index (χ2v) is 4.65. The molecule has 0 aliphatic carbocycles. The van der Waals surface area contributed by atoms with Gasteiger partial charge in [0.15, 0.2) is 0 Å². The summed E-state index contributed by atoms with van der Waals surface area (Å²) in [5, 5.41) is 0. The number of ether oxygens (including phenoxy) is 2. The van der Waals surface area contributed by atoms with Crippen molar-refractivity contribution in [2.75, 3.05) is 14.2 Å². The molecule has 0 amide bonds. The number of hydrogen-bond donors (Lipinski definition) is 2. The van der Waals surface area contributed by atoms with Gasteiger partial charge in [-0.05, 0) is 24.6 Å². The fraction of sp³-hybridized carbons (Fsp3) is 0.250. The first-order valence-corrected chi connectivity index (χ1v) is 6.56. The van der Waals surface area contributed by atoms with Crippen molar-refractivity contribution in [1.82, 2.24) is 5.43 Å². The van der Waals surface area contributed by atoms with Gasteiger partial charge in [0, 0.05) is 5.56 Å². The number of benzene rings is 2. The van der Waals surface area contributed by atoms with E-state index < -0.39 is 6.04 Å². The molecule has 2 aromatic carbocycles. The van der Waals surface area contributed by atoms with E-state index in [4.69, 9.17) is 15.3 Å². The van der Waals surface area contributed by atoms with Crippen molar-refractivity contribution in [3.05, 3.63) is 58.9 Å². The maximum atomic E-state index is 14.4. The third-order valence-corrected chi connectivity index (χ3v) is 3.45. The summed E-state index contributed by atoms with van der Waals surface area (Å²) in [7, 11) is 3.11. The minimum Gasteiger partial charge on any atom is -0.496 e. The quantitative estimate of drug-likeness (QED) is 0.656. The van der Waals surface area contributed by atoms with Gasteiger partial charge in [-0.25, -0.2) is 9.82 Å². The van der Waals surface area contributed by atoms with Crippen LogP contribution in [0.3, 0.4) is 0 Å². The second kappa shape index (κ2) is 6.56. The molecule has 0 aliphatic rings. The Labute approximate surface area is 123 Å². The number of aryl methyl sites for hydroxylation is 1. The van der Waals surface area contributed by atoms with Gasteiger partial charge in [0.1, 0.15) is 17.3 Å². The van der Waals surface area contributed by atoms with E-state index in [0.29, 0.717) is 28.2 Å². The standard InChI is InChI=1S/C16H19FN2O2/c1-10-6-4-7-11(15(10)17)16(19-18)14-12(20-2)8-5-9-13(14)21-3/h4-9,16,19H,18H2,1-3H3. The molecule has 0 spiro atoms. The summed E-state index contributed by atoms with van der Waals surface area (Å²) in [5.41, 5.74) is 4.32. The molecule has 2 rings (SSSR count). The van der Waals surface area contributed by atoms with E-state index in [0.717, 1.165) is 0 Å². The zero-order chi connectivity index (χ0) is 15.4. The van der Waals surface area contributed by atoms with Crippen molar-refractivity contribution < 1.29 is 13.9 Å². The van der Waals surface area contributed by atoms with Crippen LogP contribution in [0.1, 0.15) is 22.7 Å². The van der Waals surface area contributed by atoms with Crippen molar-refractivity contribution in [1.29, 1.82) is 0 Å². The molecule has 21 heavy (non-hydrogen) atoms. The smallest absolute Gasteiger partial charge is 0.131 e. The molecule has 0 aliphatic heterocycles. The largest absolute Gasteiger partial charge is 0.496 e. The van der Waals surface area contributed by atoms with Gasteiger partial charge in [0.2, 0.25) is 0 Å². The van der Waals surface area contributed by atoms with Crippen LogP contribution in [0.2, 0.25) is 0 Å². The summed E-state index contributed by atoms with van der Waals surface area (Å²) in [6.07, 6.45) is 0. The van der Waals surface area contributed by atoms with Gasteiger partial charge in [-0.2, -0.15) is 0 Å². The molecular weight excluding hydrogens is 271 g/mol. The first kappa shape index (κ1) is 15.3. The van der Waals surface area contributed by atoms with E-state index in [1.807, 2.05) is 0 Å². The first-order valence-electron chi connectivity index (χ1n) is 6.56. The molecule has 0 saturated carbocycles. The predicted octanol–water partition coefficient (Wildman–Crippen LogP) is 2.70. The van der Waals surface area contributed by atoms with E-state index in [2.05, 4.69) is 5.43 Å². The maximum absolute atomic E-state index is 14.4. The maximum Gasteiger partial charge on any atom is 0.131 e. The number of rotatable bonds is 5. The summed E-state index contributed by atoms with van der Waals surface area (Å²) in [6, 6.07) is 10.0. The van der Waals surface area contributed by atoms with Crippen LogP contribution in [0.4, 0.5) is 4.39 Å². The lowest BCUT2D eigenvalue weighted by molar-refractivity contribution is 0.376. The number of methoxy groups -OCH3 is 2. The summed E-state index contributed by atoms with van der Waals surface area (Å²) in [6.45, 7) is 1.71. The molecule has 0 bridgehead atoms. The molecule has 0 heterocycles. The van der Waals surface area contributed by atoms with Crippen molar-refractivity contribution in [2.24, 2.45) is 5.84 Å². The van der Waals surface area contributed by atoms with Crippen LogP contribution in [-0.2, 0) is 0 Å². The topological polar surface area (TPSA) is 56.5 Å². The van der Waals surface area contributed by atoms with E-state index >= 15 is 0 Å². The number of nitrogens with two attached hydrogens (primary N) is 1. The average Bonchev–Trinajstić information content (AvgIpc) is 2.52. The van der Waals surface area contributed by atoms with Gasteiger partial charge in [0.25, 0.3) is 0 Å². The molecule has 112 valence electrons. The normalized spacial score (nSPS) is 12.0. The zero-order valence-corrected chi connectivity index (χ0v) is 12.3. The highest BCUT2D eigenvalue weighted by Gasteiger charge is 2.24. The average molecular weight is 290 g/mol.